The molecule has 2 nitrogen and oxygen atoms in total. The van der Waals surface area contributed by atoms with Gasteiger partial charge >= 0.3 is 0 Å². The van der Waals surface area contributed by atoms with E-state index in [9.17, 15) is 0 Å². The largest absolute Gasteiger partial charge is 0.397 e. The Balaban J connectivity index is 2.59. The van der Waals surface area contributed by atoms with Crippen molar-refractivity contribution in [1.82, 2.24) is 0 Å². The van der Waals surface area contributed by atoms with E-state index >= 15 is 0 Å². The fourth-order valence-electron chi connectivity index (χ4n) is 1.51. The van der Waals surface area contributed by atoms with Crippen molar-refractivity contribution in [2.45, 2.75) is 0 Å². The monoisotopic (exact) mass is 252 g/mol. The van der Waals surface area contributed by atoms with Gasteiger partial charge in [0.15, 0.2) is 0 Å². The zero-order valence-electron chi connectivity index (χ0n) is 8.37. The van der Waals surface area contributed by atoms with Gasteiger partial charge in [0.25, 0.3) is 0 Å². The van der Waals surface area contributed by atoms with Crippen LogP contribution in [0.25, 0.3) is 11.1 Å². The molecule has 16 heavy (non-hydrogen) atoms. The normalized spacial score (nSPS) is 10.4. The Morgan fingerprint density at radius 1 is 0.812 bits per heavy atom. The Kier molecular flexibility index (Phi) is 2.95. The van der Waals surface area contributed by atoms with Gasteiger partial charge in [-0.25, -0.2) is 0 Å². The Hall–Kier alpha value is -1.38. The maximum Gasteiger partial charge on any atom is 0.0628 e. The number of anilines is 2. The first kappa shape index (κ1) is 11.1. The summed E-state index contributed by atoms with van der Waals surface area (Å²) in [6, 6.07) is 10.8. The second kappa shape index (κ2) is 4.24. The summed E-state index contributed by atoms with van der Waals surface area (Å²) in [7, 11) is 0. The molecule has 0 atom stereocenters. The summed E-state index contributed by atoms with van der Waals surface area (Å²) in [6.07, 6.45) is 0. The van der Waals surface area contributed by atoms with Gasteiger partial charge in [-0.2, -0.15) is 0 Å². The van der Waals surface area contributed by atoms with Crippen molar-refractivity contribution in [3.05, 3.63) is 46.4 Å². The first-order valence-electron chi connectivity index (χ1n) is 4.68. The molecule has 2 rings (SSSR count). The lowest BCUT2D eigenvalue weighted by molar-refractivity contribution is 1.60. The lowest BCUT2D eigenvalue weighted by atomic mass is 10.0. The number of hydrogen-bond donors (Lipinski definition) is 2. The molecule has 0 saturated heterocycles. The molecular weight excluding hydrogens is 243 g/mol. The fourth-order valence-corrected chi connectivity index (χ4v) is 1.86. The standard InChI is InChI=1S/C12H10Cl2N2/c13-8-3-1-7(2-4-8)10-5-9(14)6-11(15)12(10)16/h1-6H,15-16H2. The molecule has 0 aliphatic heterocycles. The van der Waals surface area contributed by atoms with Crippen molar-refractivity contribution in [1.29, 1.82) is 0 Å². The maximum atomic E-state index is 5.94. The molecule has 82 valence electrons. The summed E-state index contributed by atoms with van der Waals surface area (Å²) < 4.78 is 0. The molecule has 0 aliphatic carbocycles. The lowest BCUT2D eigenvalue weighted by Crippen LogP contribution is -1.97. The first-order chi connectivity index (χ1) is 7.58. The molecule has 0 aliphatic rings. The highest BCUT2D eigenvalue weighted by atomic mass is 35.5. The summed E-state index contributed by atoms with van der Waals surface area (Å²) in [5.41, 5.74) is 14.4. The summed E-state index contributed by atoms with van der Waals surface area (Å²) in [5, 5.41) is 1.24. The third-order valence-electron chi connectivity index (χ3n) is 2.33. The Morgan fingerprint density at radius 3 is 2.06 bits per heavy atom. The lowest BCUT2D eigenvalue weighted by Gasteiger charge is -2.09. The average molecular weight is 253 g/mol. The third-order valence-corrected chi connectivity index (χ3v) is 2.80. The molecule has 0 unspecified atom stereocenters. The van der Waals surface area contributed by atoms with Crippen LogP contribution < -0.4 is 11.5 Å². The van der Waals surface area contributed by atoms with Crippen molar-refractivity contribution < 1.29 is 0 Å². The van der Waals surface area contributed by atoms with Gasteiger partial charge in [0, 0.05) is 15.6 Å². The van der Waals surface area contributed by atoms with Gasteiger partial charge in [-0.3, -0.25) is 0 Å². The summed E-state index contributed by atoms with van der Waals surface area (Å²) in [5.74, 6) is 0. The van der Waals surface area contributed by atoms with Gasteiger partial charge in [0.05, 0.1) is 11.4 Å². The molecule has 2 aromatic carbocycles. The minimum Gasteiger partial charge on any atom is -0.397 e. The highest BCUT2D eigenvalue weighted by molar-refractivity contribution is 6.31. The van der Waals surface area contributed by atoms with Gasteiger partial charge < -0.3 is 11.5 Å². The first-order valence-corrected chi connectivity index (χ1v) is 5.44. The molecule has 0 radical (unpaired) electrons. The minimum atomic E-state index is 0.484. The highest BCUT2D eigenvalue weighted by Gasteiger charge is 2.07. The minimum absolute atomic E-state index is 0.484. The van der Waals surface area contributed by atoms with Crippen LogP contribution in [0.15, 0.2) is 36.4 Å². The van der Waals surface area contributed by atoms with E-state index in [1.54, 1.807) is 24.3 Å². The van der Waals surface area contributed by atoms with E-state index in [0.29, 0.717) is 21.4 Å². The highest BCUT2D eigenvalue weighted by Crippen LogP contribution is 2.33. The summed E-state index contributed by atoms with van der Waals surface area (Å²) in [4.78, 5) is 0. The van der Waals surface area contributed by atoms with E-state index < -0.39 is 0 Å². The molecule has 0 amide bonds. The molecule has 4 N–H and O–H groups in total. The second-order valence-corrected chi connectivity index (χ2v) is 4.34. The Morgan fingerprint density at radius 2 is 1.44 bits per heavy atom. The summed E-state index contributed by atoms with van der Waals surface area (Å²) >= 11 is 11.8. The molecular formula is C12H10Cl2N2. The Labute approximate surface area is 104 Å². The SMILES string of the molecule is Nc1cc(Cl)cc(-c2ccc(Cl)cc2)c1N. The van der Waals surface area contributed by atoms with Crippen molar-refractivity contribution >= 4 is 34.6 Å². The predicted octanol–water partition coefficient (Wildman–Crippen LogP) is 3.82. The van der Waals surface area contributed by atoms with Crippen molar-refractivity contribution in [3.63, 3.8) is 0 Å². The molecule has 0 bridgehead atoms. The van der Waals surface area contributed by atoms with Crippen LogP contribution in [0.5, 0.6) is 0 Å². The van der Waals surface area contributed by atoms with Crippen LogP contribution in [0.3, 0.4) is 0 Å². The van der Waals surface area contributed by atoms with Crippen LogP contribution in [0.4, 0.5) is 11.4 Å². The number of halogens is 2. The van der Waals surface area contributed by atoms with E-state index in [1.165, 1.54) is 0 Å². The van der Waals surface area contributed by atoms with Crippen LogP contribution in [-0.4, -0.2) is 0 Å². The van der Waals surface area contributed by atoms with E-state index in [-0.39, 0.29) is 0 Å². The molecule has 4 heteroatoms. The topological polar surface area (TPSA) is 52.0 Å². The van der Waals surface area contributed by atoms with Gasteiger partial charge in [0.2, 0.25) is 0 Å². The third kappa shape index (κ3) is 2.08. The van der Waals surface area contributed by atoms with E-state index in [1.807, 2.05) is 12.1 Å². The predicted molar refractivity (Wildman–Crippen MR) is 70.7 cm³/mol. The molecule has 0 fully saturated rings. The number of benzene rings is 2. The molecule has 0 saturated carbocycles. The smallest absolute Gasteiger partial charge is 0.0628 e. The van der Waals surface area contributed by atoms with Crippen LogP contribution in [0, 0.1) is 0 Å². The fraction of sp³-hybridized carbons (Fsp3) is 0. The average Bonchev–Trinajstić information content (AvgIpc) is 2.25. The number of rotatable bonds is 1. The van der Waals surface area contributed by atoms with E-state index in [4.69, 9.17) is 34.7 Å². The zero-order chi connectivity index (χ0) is 11.7. The second-order valence-electron chi connectivity index (χ2n) is 3.46. The zero-order valence-corrected chi connectivity index (χ0v) is 9.89. The number of nitrogen functional groups attached to an aromatic ring is 2. The van der Waals surface area contributed by atoms with Crippen LogP contribution in [0.1, 0.15) is 0 Å². The Bertz CT molecular complexity index is 521. The van der Waals surface area contributed by atoms with Gasteiger partial charge in [-0.1, -0.05) is 35.3 Å². The van der Waals surface area contributed by atoms with Crippen molar-refractivity contribution in [2.24, 2.45) is 0 Å². The van der Waals surface area contributed by atoms with Crippen molar-refractivity contribution in [3.8, 4) is 11.1 Å². The number of hydrogen-bond acceptors (Lipinski definition) is 2. The van der Waals surface area contributed by atoms with Crippen LogP contribution in [-0.2, 0) is 0 Å². The number of nitrogens with two attached hydrogens (primary N) is 2. The van der Waals surface area contributed by atoms with Crippen LogP contribution >= 0.6 is 23.2 Å². The maximum absolute atomic E-state index is 5.94. The quantitative estimate of drug-likeness (QED) is 0.759. The molecule has 0 aromatic heterocycles. The summed E-state index contributed by atoms with van der Waals surface area (Å²) in [6.45, 7) is 0. The van der Waals surface area contributed by atoms with E-state index in [0.717, 1.165) is 11.1 Å². The van der Waals surface area contributed by atoms with Crippen molar-refractivity contribution in [2.75, 3.05) is 11.5 Å². The molecule has 0 spiro atoms. The van der Waals surface area contributed by atoms with Gasteiger partial charge in [-0.05, 0) is 29.8 Å². The molecule has 0 heterocycles. The van der Waals surface area contributed by atoms with Gasteiger partial charge in [0.1, 0.15) is 0 Å². The van der Waals surface area contributed by atoms with Crippen LogP contribution in [0.2, 0.25) is 10.0 Å². The molecule has 2 aromatic rings. The van der Waals surface area contributed by atoms with Gasteiger partial charge in [-0.15, -0.1) is 0 Å². The van der Waals surface area contributed by atoms with E-state index in [2.05, 4.69) is 0 Å².